The van der Waals surface area contributed by atoms with Gasteiger partial charge in [-0.3, -0.25) is 9.59 Å². The molecule has 7 heteroatoms. The second-order valence-electron chi connectivity index (χ2n) is 11.5. The molecule has 4 saturated heterocycles. The van der Waals surface area contributed by atoms with Gasteiger partial charge in [-0.05, 0) is 77.3 Å². The monoisotopic (exact) mass is 445 g/mol. The minimum atomic E-state index is -1.11. The van der Waals surface area contributed by atoms with Gasteiger partial charge in [0.2, 0.25) is 17.3 Å². The van der Waals surface area contributed by atoms with Crippen LogP contribution in [0.25, 0.3) is 11.6 Å². The van der Waals surface area contributed by atoms with Crippen LogP contribution in [0.3, 0.4) is 0 Å². The van der Waals surface area contributed by atoms with Crippen LogP contribution in [0.2, 0.25) is 0 Å². The fourth-order valence-electron chi connectivity index (χ4n) is 7.43. The summed E-state index contributed by atoms with van der Waals surface area (Å²) in [5, 5.41) is 17.0. The third kappa shape index (κ3) is 1.98. The zero-order valence-electron chi connectivity index (χ0n) is 19.3. The van der Waals surface area contributed by atoms with Crippen molar-refractivity contribution in [3.05, 3.63) is 40.6 Å². The van der Waals surface area contributed by atoms with Crippen LogP contribution in [0.4, 0.5) is 5.69 Å². The Balaban J connectivity index is 1.49. The van der Waals surface area contributed by atoms with Gasteiger partial charge in [0.15, 0.2) is 0 Å². The quantitative estimate of drug-likeness (QED) is 0.491. The van der Waals surface area contributed by atoms with Crippen LogP contribution in [0.1, 0.15) is 58.1 Å². The third-order valence-corrected chi connectivity index (χ3v) is 8.93. The first-order valence-electron chi connectivity index (χ1n) is 11.8. The van der Waals surface area contributed by atoms with Gasteiger partial charge in [0.05, 0.1) is 22.1 Å². The number of amides is 2. The fourth-order valence-corrected chi connectivity index (χ4v) is 7.43. The highest BCUT2D eigenvalue weighted by Gasteiger charge is 2.74. The van der Waals surface area contributed by atoms with Crippen LogP contribution in [0.5, 0.6) is 5.75 Å². The highest BCUT2D eigenvalue weighted by molar-refractivity contribution is 6.30. The van der Waals surface area contributed by atoms with E-state index < -0.39 is 22.1 Å². The molecule has 0 unspecified atom stereocenters. The van der Waals surface area contributed by atoms with Gasteiger partial charge in [-0.25, -0.2) is 0 Å². The van der Waals surface area contributed by atoms with Crippen molar-refractivity contribution >= 4 is 34.9 Å². The number of piperazine rings is 1. The number of hydrogen-bond donors (Lipinski definition) is 1. The summed E-state index contributed by atoms with van der Waals surface area (Å²) in [6, 6.07) is 3.82. The number of ether oxygens (including phenoxy) is 1. The van der Waals surface area contributed by atoms with Crippen LogP contribution in [-0.2, 0) is 9.59 Å². The second kappa shape index (κ2) is 5.34. The van der Waals surface area contributed by atoms with Crippen LogP contribution >= 0.6 is 0 Å². The van der Waals surface area contributed by atoms with Crippen molar-refractivity contribution in [3.8, 4) is 5.75 Å². The highest BCUT2D eigenvalue weighted by Crippen LogP contribution is 2.61. The molecule has 1 N–H and O–H groups in total. The molecule has 3 atom stereocenters. The lowest BCUT2D eigenvalue weighted by atomic mass is 9.51. The minimum Gasteiger partial charge on any atom is -0.618 e. The Morgan fingerprint density at radius 2 is 2.00 bits per heavy atom. The van der Waals surface area contributed by atoms with Gasteiger partial charge >= 0.3 is 0 Å². The van der Waals surface area contributed by atoms with Crippen molar-refractivity contribution in [1.29, 1.82) is 0 Å². The largest absolute Gasteiger partial charge is 0.618 e. The zero-order chi connectivity index (χ0) is 23.1. The van der Waals surface area contributed by atoms with E-state index in [1.165, 1.54) is 0 Å². The lowest BCUT2D eigenvalue weighted by molar-refractivity contribution is -0.362. The molecule has 33 heavy (non-hydrogen) atoms. The Bertz CT molecular complexity index is 1300. The molecule has 2 amide bonds. The summed E-state index contributed by atoms with van der Waals surface area (Å²) in [4.78, 5) is 29.0. The summed E-state index contributed by atoms with van der Waals surface area (Å²) in [7, 11) is 0. The van der Waals surface area contributed by atoms with E-state index in [0.717, 1.165) is 27.9 Å². The van der Waals surface area contributed by atoms with Gasteiger partial charge < -0.3 is 20.2 Å². The topological polar surface area (TPSA) is 84.7 Å². The molecule has 1 aliphatic carbocycles. The molecule has 7 aliphatic rings. The SMILES string of the molecule is CC1(C)C=Cc2c(ccc3c2[N+]([O-])=C2C3=C[C@@]34NC(=O)[C@@]5(CCCN5C3=O)C[C@H]4C2(C)C)O1. The Morgan fingerprint density at radius 1 is 1.21 bits per heavy atom. The van der Waals surface area contributed by atoms with Crippen LogP contribution in [-0.4, -0.2) is 50.4 Å². The van der Waals surface area contributed by atoms with E-state index in [4.69, 9.17) is 4.74 Å². The predicted molar refractivity (Wildman–Crippen MR) is 123 cm³/mol. The maximum absolute atomic E-state index is 13.9. The molecule has 170 valence electrons. The molecule has 0 radical (unpaired) electrons. The van der Waals surface area contributed by atoms with E-state index in [0.29, 0.717) is 36.5 Å². The minimum absolute atomic E-state index is 0.0238. The molecule has 8 rings (SSSR count). The standard InChI is InChI=1S/C26H27N3O4/c1-23(2)10-8-15-17(33-23)7-6-14-16-12-26-18(24(3,4)20(16)29(32)19(14)15)13-25(21(30)27-26)9-5-11-28(25)22(26)31/h6-8,10,12,18H,5,9,11,13H2,1-4H3,(H,27,30)/t18-,25+,26-/m0/s1. The molecule has 7 nitrogen and oxygen atoms in total. The summed E-state index contributed by atoms with van der Waals surface area (Å²) >= 11 is 0. The molecule has 0 saturated carbocycles. The number of nitrogens with one attached hydrogen (secondary N) is 1. The number of fused-ring (bicyclic) bond motifs is 6. The number of hydrogen-bond acceptors (Lipinski definition) is 4. The summed E-state index contributed by atoms with van der Waals surface area (Å²) in [5.41, 5.74) is 0.613. The first-order chi connectivity index (χ1) is 15.5. The van der Waals surface area contributed by atoms with Crippen LogP contribution < -0.4 is 10.1 Å². The molecule has 2 bridgehead atoms. The maximum atomic E-state index is 13.9. The molecule has 6 heterocycles. The molecule has 1 aromatic rings. The van der Waals surface area contributed by atoms with Gasteiger partial charge in [-0.2, -0.15) is 4.74 Å². The summed E-state index contributed by atoms with van der Waals surface area (Å²) in [6.07, 6.45) is 7.93. The molecule has 4 fully saturated rings. The number of carbonyl (C=O) groups excluding carboxylic acids is 2. The highest BCUT2D eigenvalue weighted by atomic mass is 16.5. The predicted octanol–water partition coefficient (Wildman–Crippen LogP) is 3.14. The number of nitrogens with zero attached hydrogens (tertiary/aromatic N) is 2. The lowest BCUT2D eigenvalue weighted by Gasteiger charge is -2.62. The van der Waals surface area contributed by atoms with Crippen LogP contribution in [0.15, 0.2) is 24.3 Å². The molecule has 6 aliphatic heterocycles. The lowest BCUT2D eigenvalue weighted by Crippen LogP contribution is -2.83. The van der Waals surface area contributed by atoms with E-state index >= 15 is 0 Å². The normalized spacial score (nSPS) is 35.8. The van der Waals surface area contributed by atoms with Crippen LogP contribution in [0, 0.1) is 16.5 Å². The van der Waals surface area contributed by atoms with Crippen molar-refractivity contribution in [3.63, 3.8) is 0 Å². The number of rotatable bonds is 0. The van der Waals surface area contributed by atoms with Crippen molar-refractivity contribution in [2.45, 2.75) is 63.6 Å². The molecule has 2 spiro atoms. The van der Waals surface area contributed by atoms with Gasteiger partial charge in [-0.15, -0.1) is 0 Å². The maximum Gasteiger partial charge on any atom is 0.253 e. The van der Waals surface area contributed by atoms with E-state index in [1.54, 1.807) is 0 Å². The molecule has 0 aromatic heterocycles. The smallest absolute Gasteiger partial charge is 0.253 e. The fraction of sp³-hybridized carbons (Fsp3) is 0.500. The van der Waals surface area contributed by atoms with Crippen molar-refractivity contribution in [2.24, 2.45) is 11.3 Å². The molecular weight excluding hydrogens is 418 g/mol. The first kappa shape index (κ1) is 19.4. The number of benzene rings is 1. The average Bonchev–Trinajstić information content (AvgIpc) is 3.29. The van der Waals surface area contributed by atoms with Gasteiger partial charge in [0.1, 0.15) is 22.4 Å². The van der Waals surface area contributed by atoms with E-state index in [1.807, 2.05) is 49.1 Å². The number of allylic oxidation sites excluding steroid dienone is 1. The Morgan fingerprint density at radius 3 is 2.79 bits per heavy atom. The zero-order valence-corrected chi connectivity index (χ0v) is 19.3. The molecule has 1 aromatic carbocycles. The van der Waals surface area contributed by atoms with E-state index in [2.05, 4.69) is 19.2 Å². The Labute approximate surface area is 192 Å². The second-order valence-corrected chi connectivity index (χ2v) is 11.5. The van der Waals surface area contributed by atoms with Gasteiger partial charge in [0, 0.05) is 12.5 Å². The van der Waals surface area contributed by atoms with E-state index in [-0.39, 0.29) is 17.7 Å². The molecular formula is C26H27N3O4. The first-order valence-corrected chi connectivity index (χ1v) is 11.8. The Kier molecular flexibility index (Phi) is 3.14. The third-order valence-electron chi connectivity index (χ3n) is 8.93. The van der Waals surface area contributed by atoms with Gasteiger partial charge in [0.25, 0.3) is 5.91 Å². The van der Waals surface area contributed by atoms with Crippen molar-refractivity contribution in [2.75, 3.05) is 6.54 Å². The average molecular weight is 446 g/mol. The summed E-state index contributed by atoms with van der Waals surface area (Å²) in [5.74, 6) is 0.424. The van der Waals surface area contributed by atoms with E-state index in [9.17, 15) is 14.8 Å². The number of carbonyl (C=O) groups is 2. The Hall–Kier alpha value is -3.09. The summed E-state index contributed by atoms with van der Waals surface area (Å²) in [6.45, 7) is 8.69. The number of piperidine rings is 2. The van der Waals surface area contributed by atoms with Crippen molar-refractivity contribution in [1.82, 2.24) is 10.2 Å². The van der Waals surface area contributed by atoms with Crippen molar-refractivity contribution < 1.29 is 19.1 Å². The van der Waals surface area contributed by atoms with Gasteiger partial charge in [-0.1, -0.05) is 0 Å². The summed E-state index contributed by atoms with van der Waals surface area (Å²) < 4.78 is 7.18.